The van der Waals surface area contributed by atoms with Crippen LogP contribution >= 0.6 is 0 Å². The zero-order chi connectivity index (χ0) is 16.7. The summed E-state index contributed by atoms with van der Waals surface area (Å²) >= 11 is 0. The van der Waals surface area contributed by atoms with Crippen LogP contribution in [0.2, 0.25) is 0 Å². The van der Waals surface area contributed by atoms with E-state index in [9.17, 15) is 8.42 Å². The molecule has 1 fully saturated rings. The van der Waals surface area contributed by atoms with Gasteiger partial charge in [-0.25, -0.2) is 0 Å². The van der Waals surface area contributed by atoms with E-state index in [0.717, 1.165) is 5.56 Å². The van der Waals surface area contributed by atoms with E-state index in [0.29, 0.717) is 24.5 Å². The third kappa shape index (κ3) is 2.61. The van der Waals surface area contributed by atoms with Gasteiger partial charge in [-0.1, -0.05) is 42.5 Å². The lowest BCUT2D eigenvalue weighted by atomic mass is 10.1. The van der Waals surface area contributed by atoms with Gasteiger partial charge in [0.1, 0.15) is 11.0 Å². The summed E-state index contributed by atoms with van der Waals surface area (Å²) in [6, 6.07) is 17.0. The van der Waals surface area contributed by atoms with Crippen molar-refractivity contribution in [1.29, 1.82) is 0 Å². The molecule has 0 spiro atoms. The first-order chi connectivity index (χ1) is 11.5. The Morgan fingerprint density at radius 1 is 1.04 bits per heavy atom. The summed E-state index contributed by atoms with van der Waals surface area (Å²) in [6.45, 7) is 3.20. The molecule has 2 aliphatic heterocycles. The van der Waals surface area contributed by atoms with Gasteiger partial charge < -0.3 is 9.64 Å². The van der Waals surface area contributed by atoms with Crippen molar-refractivity contribution < 1.29 is 13.2 Å². The molecular formula is C18H18N2O3S. The quantitative estimate of drug-likeness (QED) is 0.799. The number of rotatable bonds is 1. The van der Waals surface area contributed by atoms with Gasteiger partial charge in [0.25, 0.3) is 10.0 Å². The molecule has 2 heterocycles. The summed E-state index contributed by atoms with van der Waals surface area (Å²) in [6.07, 6.45) is -0.116. The summed E-state index contributed by atoms with van der Waals surface area (Å²) < 4.78 is 34.7. The van der Waals surface area contributed by atoms with Gasteiger partial charge in [-0.05, 0) is 24.6 Å². The fourth-order valence-electron chi connectivity index (χ4n) is 3.29. The van der Waals surface area contributed by atoms with Crippen LogP contribution in [0.3, 0.4) is 0 Å². The summed E-state index contributed by atoms with van der Waals surface area (Å²) in [4.78, 5) is 2.31. The molecule has 5 nitrogen and oxygen atoms in total. The van der Waals surface area contributed by atoms with Crippen molar-refractivity contribution in [2.24, 2.45) is 4.40 Å². The fraction of sp³-hybridized carbons (Fsp3) is 0.278. The van der Waals surface area contributed by atoms with E-state index in [1.165, 1.54) is 0 Å². The van der Waals surface area contributed by atoms with Crippen molar-refractivity contribution in [2.45, 2.75) is 24.0 Å². The minimum atomic E-state index is -3.60. The van der Waals surface area contributed by atoms with E-state index in [1.54, 1.807) is 12.1 Å². The normalized spacial score (nSPS) is 25.2. The van der Waals surface area contributed by atoms with Crippen LogP contribution in [0.1, 0.15) is 24.2 Å². The minimum absolute atomic E-state index is 0.0119. The van der Waals surface area contributed by atoms with Gasteiger partial charge in [-0.2, -0.15) is 8.42 Å². The molecule has 2 aliphatic rings. The second-order valence-electron chi connectivity index (χ2n) is 6.14. The van der Waals surface area contributed by atoms with Crippen LogP contribution in [0.4, 0.5) is 0 Å². The molecule has 0 bridgehead atoms. The van der Waals surface area contributed by atoms with Crippen molar-refractivity contribution in [3.63, 3.8) is 0 Å². The largest absolute Gasteiger partial charge is 0.367 e. The van der Waals surface area contributed by atoms with E-state index in [1.807, 2.05) is 54.3 Å². The number of fused-ring (bicyclic) bond motifs is 1. The SMILES string of the molecule is CC1CN(C2=NS(=O)(=O)c3ccccc32)CC(c2ccccc2)O1. The Bertz CT molecular complexity index is 893. The third-order valence-corrected chi connectivity index (χ3v) is 5.67. The fourth-order valence-corrected chi connectivity index (χ4v) is 4.52. The molecule has 24 heavy (non-hydrogen) atoms. The van der Waals surface area contributed by atoms with Gasteiger partial charge in [-0.3, -0.25) is 0 Å². The van der Waals surface area contributed by atoms with Gasteiger partial charge in [-0.15, -0.1) is 4.40 Å². The lowest BCUT2D eigenvalue weighted by molar-refractivity contribution is -0.0593. The predicted molar refractivity (Wildman–Crippen MR) is 91.5 cm³/mol. The first-order valence-electron chi connectivity index (χ1n) is 7.94. The second-order valence-corrected chi connectivity index (χ2v) is 7.71. The Kier molecular flexibility index (Phi) is 3.66. The number of benzene rings is 2. The summed E-state index contributed by atoms with van der Waals surface area (Å²) in [5.41, 5.74) is 1.77. The minimum Gasteiger partial charge on any atom is -0.367 e. The molecule has 0 aliphatic carbocycles. The molecule has 124 valence electrons. The van der Waals surface area contributed by atoms with Crippen LogP contribution in [0.25, 0.3) is 0 Å². The summed E-state index contributed by atoms with van der Waals surface area (Å²) in [7, 11) is -3.60. The van der Waals surface area contributed by atoms with Gasteiger partial charge in [0, 0.05) is 18.7 Å². The van der Waals surface area contributed by atoms with Crippen LogP contribution < -0.4 is 0 Å². The lowest BCUT2D eigenvalue weighted by Gasteiger charge is -2.38. The molecule has 2 unspecified atom stereocenters. The molecule has 0 amide bonds. The number of sulfonamides is 1. The molecule has 0 radical (unpaired) electrons. The molecule has 2 aromatic carbocycles. The number of ether oxygens (including phenoxy) is 1. The van der Waals surface area contributed by atoms with Crippen LogP contribution in [-0.2, 0) is 14.8 Å². The number of morpholine rings is 1. The molecule has 0 aromatic heterocycles. The third-order valence-electron chi connectivity index (χ3n) is 4.34. The molecule has 0 saturated carbocycles. The van der Waals surface area contributed by atoms with Gasteiger partial charge in [0.15, 0.2) is 5.84 Å². The molecule has 4 rings (SSSR count). The molecule has 1 saturated heterocycles. The molecule has 2 aromatic rings. The van der Waals surface area contributed by atoms with Crippen LogP contribution in [0, 0.1) is 0 Å². The smallest absolute Gasteiger partial charge is 0.285 e. The zero-order valence-corrected chi connectivity index (χ0v) is 14.1. The summed E-state index contributed by atoms with van der Waals surface area (Å²) in [5.74, 6) is 0.529. The Balaban J connectivity index is 1.70. The Hall–Kier alpha value is -2.18. The van der Waals surface area contributed by atoms with E-state index in [-0.39, 0.29) is 17.1 Å². The zero-order valence-electron chi connectivity index (χ0n) is 13.3. The molecule has 0 N–H and O–H groups in total. The van der Waals surface area contributed by atoms with Crippen molar-refractivity contribution >= 4 is 15.9 Å². The van der Waals surface area contributed by atoms with Crippen molar-refractivity contribution in [2.75, 3.05) is 13.1 Å². The maximum absolute atomic E-state index is 12.3. The van der Waals surface area contributed by atoms with E-state index in [4.69, 9.17) is 4.74 Å². The Morgan fingerprint density at radius 2 is 1.75 bits per heavy atom. The topological polar surface area (TPSA) is 59.0 Å². The highest BCUT2D eigenvalue weighted by molar-refractivity contribution is 7.90. The van der Waals surface area contributed by atoms with Crippen LogP contribution in [0.15, 0.2) is 63.9 Å². The van der Waals surface area contributed by atoms with Gasteiger partial charge in [0.2, 0.25) is 0 Å². The number of hydrogen-bond donors (Lipinski definition) is 0. The standard InChI is InChI=1S/C18H18N2O3S/c1-13-11-20(12-16(23-13)14-7-3-2-4-8-14)18-15-9-5-6-10-17(15)24(21,22)19-18/h2-10,13,16H,11-12H2,1H3. The van der Waals surface area contributed by atoms with Gasteiger partial charge in [0.05, 0.1) is 6.10 Å². The number of nitrogens with zero attached hydrogens (tertiary/aromatic N) is 2. The lowest BCUT2D eigenvalue weighted by Crippen LogP contribution is -2.45. The van der Waals surface area contributed by atoms with Crippen LogP contribution in [-0.4, -0.2) is 38.3 Å². The molecule has 2 atom stereocenters. The van der Waals surface area contributed by atoms with E-state index >= 15 is 0 Å². The molecular weight excluding hydrogens is 324 g/mol. The van der Waals surface area contributed by atoms with E-state index in [2.05, 4.69) is 4.40 Å². The Morgan fingerprint density at radius 3 is 2.54 bits per heavy atom. The number of hydrogen-bond acceptors (Lipinski definition) is 4. The monoisotopic (exact) mass is 342 g/mol. The highest BCUT2D eigenvalue weighted by Gasteiger charge is 2.35. The second kappa shape index (κ2) is 5.72. The summed E-state index contributed by atoms with van der Waals surface area (Å²) in [5, 5.41) is 0. The maximum Gasteiger partial charge on any atom is 0.285 e. The highest BCUT2D eigenvalue weighted by Crippen LogP contribution is 2.31. The molecule has 6 heteroatoms. The predicted octanol–water partition coefficient (Wildman–Crippen LogP) is 2.60. The average Bonchev–Trinajstić information content (AvgIpc) is 2.87. The number of amidine groups is 1. The first-order valence-corrected chi connectivity index (χ1v) is 9.38. The first kappa shape index (κ1) is 15.4. The maximum atomic E-state index is 12.3. The van der Waals surface area contributed by atoms with Crippen molar-refractivity contribution in [3.8, 4) is 0 Å². The van der Waals surface area contributed by atoms with Crippen molar-refractivity contribution in [1.82, 2.24) is 4.90 Å². The highest BCUT2D eigenvalue weighted by atomic mass is 32.2. The Labute approximate surface area is 141 Å². The van der Waals surface area contributed by atoms with Crippen molar-refractivity contribution in [3.05, 3.63) is 65.7 Å². The van der Waals surface area contributed by atoms with Crippen LogP contribution in [0.5, 0.6) is 0 Å². The van der Waals surface area contributed by atoms with E-state index < -0.39 is 10.0 Å². The van der Waals surface area contributed by atoms with Gasteiger partial charge >= 0.3 is 0 Å². The average molecular weight is 342 g/mol.